The molecule has 3 rings (SSSR count). The zero-order valence-electron chi connectivity index (χ0n) is 14.7. The molecule has 0 radical (unpaired) electrons. The normalized spacial score (nSPS) is 10.9. The van der Waals surface area contributed by atoms with E-state index in [4.69, 9.17) is 9.47 Å². The fraction of sp³-hybridized carbons (Fsp3) is 0.158. The molecule has 0 aliphatic carbocycles. The van der Waals surface area contributed by atoms with Gasteiger partial charge in [0.15, 0.2) is 11.5 Å². The van der Waals surface area contributed by atoms with Gasteiger partial charge in [-0.1, -0.05) is 0 Å². The molecule has 2 N–H and O–H groups in total. The van der Waals surface area contributed by atoms with E-state index in [0.717, 1.165) is 27.4 Å². The molecular formula is C19H19N3O3S. The van der Waals surface area contributed by atoms with Gasteiger partial charge in [-0.05, 0) is 55.0 Å². The zero-order valence-corrected chi connectivity index (χ0v) is 15.5. The molecular weight excluding hydrogens is 350 g/mol. The Balaban J connectivity index is 1.73. The highest BCUT2D eigenvalue weighted by Crippen LogP contribution is 2.31. The monoisotopic (exact) mass is 369 g/mol. The van der Waals surface area contributed by atoms with E-state index in [-0.39, 0.29) is 5.75 Å². The quantitative estimate of drug-likeness (QED) is 0.501. The molecule has 1 heterocycles. The molecule has 0 bridgehead atoms. The van der Waals surface area contributed by atoms with Crippen LogP contribution in [-0.4, -0.2) is 30.5 Å². The number of nitrogens with zero attached hydrogens (tertiary/aromatic N) is 2. The van der Waals surface area contributed by atoms with Gasteiger partial charge in [0.05, 0.1) is 26.1 Å². The number of hydrogen-bond acceptors (Lipinski definition) is 7. The Morgan fingerprint density at radius 3 is 2.58 bits per heavy atom. The molecule has 1 aromatic heterocycles. The molecule has 26 heavy (non-hydrogen) atoms. The number of phenols is 1. The Morgan fingerprint density at radius 1 is 1.12 bits per heavy atom. The highest BCUT2D eigenvalue weighted by molar-refractivity contribution is 7.15. The molecule has 0 fully saturated rings. The Kier molecular flexibility index (Phi) is 5.38. The SMILES string of the molecule is COc1ccc(-c2nc(N/N=C/c3ccc(O)c(OC)c3)sc2C)cc1. The molecule has 0 saturated carbocycles. The molecule has 134 valence electrons. The van der Waals surface area contributed by atoms with E-state index in [2.05, 4.69) is 15.5 Å². The maximum Gasteiger partial charge on any atom is 0.204 e. The van der Waals surface area contributed by atoms with Crippen LogP contribution in [0.15, 0.2) is 47.6 Å². The van der Waals surface area contributed by atoms with Crippen molar-refractivity contribution in [2.45, 2.75) is 6.92 Å². The second kappa shape index (κ2) is 7.88. The lowest BCUT2D eigenvalue weighted by atomic mass is 10.1. The fourth-order valence-electron chi connectivity index (χ4n) is 2.40. The average molecular weight is 369 g/mol. The van der Waals surface area contributed by atoms with E-state index >= 15 is 0 Å². The largest absolute Gasteiger partial charge is 0.504 e. The molecule has 0 saturated heterocycles. The van der Waals surface area contributed by atoms with Crippen LogP contribution in [0.4, 0.5) is 5.13 Å². The number of anilines is 1. The summed E-state index contributed by atoms with van der Waals surface area (Å²) in [5, 5.41) is 14.5. The van der Waals surface area contributed by atoms with Gasteiger partial charge in [0.1, 0.15) is 5.75 Å². The summed E-state index contributed by atoms with van der Waals surface area (Å²) >= 11 is 1.53. The van der Waals surface area contributed by atoms with Crippen molar-refractivity contribution in [3.63, 3.8) is 0 Å². The maximum absolute atomic E-state index is 9.61. The lowest BCUT2D eigenvalue weighted by molar-refractivity contribution is 0.373. The van der Waals surface area contributed by atoms with Crippen LogP contribution in [0.25, 0.3) is 11.3 Å². The van der Waals surface area contributed by atoms with Crippen molar-refractivity contribution >= 4 is 22.7 Å². The lowest BCUT2D eigenvalue weighted by Gasteiger charge is -2.03. The number of phenolic OH excluding ortho intramolecular Hbond substituents is 1. The molecule has 0 spiro atoms. The van der Waals surface area contributed by atoms with Crippen LogP contribution >= 0.6 is 11.3 Å². The van der Waals surface area contributed by atoms with Crippen molar-refractivity contribution in [1.29, 1.82) is 0 Å². The minimum Gasteiger partial charge on any atom is -0.504 e. The van der Waals surface area contributed by atoms with E-state index in [1.54, 1.807) is 31.5 Å². The summed E-state index contributed by atoms with van der Waals surface area (Å²) < 4.78 is 10.3. The van der Waals surface area contributed by atoms with Gasteiger partial charge in [0, 0.05) is 10.4 Å². The molecule has 0 amide bonds. The van der Waals surface area contributed by atoms with Gasteiger partial charge in [-0.2, -0.15) is 5.10 Å². The van der Waals surface area contributed by atoms with E-state index in [9.17, 15) is 5.11 Å². The number of methoxy groups -OCH3 is 2. The summed E-state index contributed by atoms with van der Waals surface area (Å²) in [6, 6.07) is 12.8. The Labute approximate surface area is 155 Å². The van der Waals surface area contributed by atoms with Crippen LogP contribution < -0.4 is 14.9 Å². The summed E-state index contributed by atoms with van der Waals surface area (Å²) in [5.74, 6) is 1.31. The molecule has 0 unspecified atom stereocenters. The summed E-state index contributed by atoms with van der Waals surface area (Å²) in [5.41, 5.74) is 5.70. The molecule has 0 aliphatic rings. The van der Waals surface area contributed by atoms with Crippen molar-refractivity contribution in [1.82, 2.24) is 4.98 Å². The van der Waals surface area contributed by atoms with E-state index in [0.29, 0.717) is 10.9 Å². The van der Waals surface area contributed by atoms with Crippen molar-refractivity contribution in [3.8, 4) is 28.5 Å². The smallest absolute Gasteiger partial charge is 0.204 e. The van der Waals surface area contributed by atoms with Crippen LogP contribution in [0.2, 0.25) is 0 Å². The molecule has 3 aromatic rings. The van der Waals surface area contributed by atoms with Crippen molar-refractivity contribution in [2.75, 3.05) is 19.6 Å². The minimum absolute atomic E-state index is 0.0947. The number of benzene rings is 2. The zero-order chi connectivity index (χ0) is 18.5. The van der Waals surface area contributed by atoms with E-state index in [1.165, 1.54) is 18.4 Å². The number of ether oxygens (including phenoxy) is 2. The summed E-state index contributed by atoms with van der Waals surface area (Å²) in [6.45, 7) is 2.02. The number of aromatic hydroxyl groups is 1. The topological polar surface area (TPSA) is 76.0 Å². The predicted molar refractivity (Wildman–Crippen MR) is 105 cm³/mol. The molecule has 7 heteroatoms. The van der Waals surface area contributed by atoms with Gasteiger partial charge in [0.2, 0.25) is 5.13 Å². The van der Waals surface area contributed by atoms with Crippen LogP contribution in [0, 0.1) is 6.92 Å². The number of rotatable bonds is 6. The van der Waals surface area contributed by atoms with Crippen LogP contribution in [0.1, 0.15) is 10.4 Å². The van der Waals surface area contributed by atoms with Gasteiger partial charge in [-0.25, -0.2) is 4.98 Å². The average Bonchev–Trinajstić information content (AvgIpc) is 3.03. The standard InChI is InChI=1S/C19H19N3O3S/c1-12-18(14-5-7-15(24-2)8-6-14)21-19(26-12)22-20-11-13-4-9-16(23)17(10-13)25-3/h4-11,23H,1-3H3,(H,21,22)/b20-11+. The summed E-state index contributed by atoms with van der Waals surface area (Å²) in [7, 11) is 3.15. The number of aromatic nitrogens is 1. The number of nitrogens with one attached hydrogen (secondary N) is 1. The van der Waals surface area contributed by atoms with Gasteiger partial charge in [-0.3, -0.25) is 5.43 Å². The van der Waals surface area contributed by atoms with Crippen LogP contribution in [0.3, 0.4) is 0 Å². The molecule has 2 aromatic carbocycles. The van der Waals surface area contributed by atoms with Gasteiger partial charge in [0.25, 0.3) is 0 Å². The Bertz CT molecular complexity index is 920. The second-order valence-electron chi connectivity index (χ2n) is 5.45. The summed E-state index contributed by atoms with van der Waals surface area (Å²) in [6.07, 6.45) is 1.64. The van der Waals surface area contributed by atoms with Crippen LogP contribution in [0.5, 0.6) is 17.2 Å². The number of aryl methyl sites for hydroxylation is 1. The third-order valence-corrected chi connectivity index (χ3v) is 4.61. The molecule has 6 nitrogen and oxygen atoms in total. The number of thiazole rings is 1. The third-order valence-electron chi connectivity index (χ3n) is 3.74. The predicted octanol–water partition coefficient (Wildman–Crippen LogP) is 4.29. The van der Waals surface area contributed by atoms with Crippen molar-refractivity contribution in [2.24, 2.45) is 5.10 Å². The molecule has 0 aliphatic heterocycles. The van der Waals surface area contributed by atoms with Gasteiger partial charge in [-0.15, -0.1) is 11.3 Å². The Morgan fingerprint density at radius 2 is 1.88 bits per heavy atom. The van der Waals surface area contributed by atoms with Gasteiger partial charge < -0.3 is 14.6 Å². The van der Waals surface area contributed by atoms with Crippen LogP contribution in [-0.2, 0) is 0 Å². The third kappa shape index (κ3) is 3.94. The van der Waals surface area contributed by atoms with Gasteiger partial charge >= 0.3 is 0 Å². The first-order chi connectivity index (χ1) is 12.6. The van der Waals surface area contributed by atoms with Crippen molar-refractivity contribution < 1.29 is 14.6 Å². The first kappa shape index (κ1) is 17.8. The molecule has 0 atom stereocenters. The Hall–Kier alpha value is -3.06. The first-order valence-electron chi connectivity index (χ1n) is 7.88. The van der Waals surface area contributed by atoms with E-state index in [1.807, 2.05) is 31.2 Å². The maximum atomic E-state index is 9.61. The first-order valence-corrected chi connectivity index (χ1v) is 8.70. The van der Waals surface area contributed by atoms with Crippen molar-refractivity contribution in [3.05, 3.63) is 52.9 Å². The highest BCUT2D eigenvalue weighted by Gasteiger charge is 2.09. The van der Waals surface area contributed by atoms with E-state index < -0.39 is 0 Å². The second-order valence-corrected chi connectivity index (χ2v) is 6.66. The minimum atomic E-state index is 0.0947. The highest BCUT2D eigenvalue weighted by atomic mass is 32.1. The number of hydrazone groups is 1. The lowest BCUT2D eigenvalue weighted by Crippen LogP contribution is -1.91. The number of hydrogen-bond donors (Lipinski definition) is 2. The fourth-order valence-corrected chi connectivity index (χ4v) is 3.18. The summed E-state index contributed by atoms with van der Waals surface area (Å²) in [4.78, 5) is 5.70.